The minimum absolute atomic E-state index is 0.265. The van der Waals surface area contributed by atoms with E-state index in [1.807, 2.05) is 30.3 Å². The highest BCUT2D eigenvalue weighted by Gasteiger charge is 2.80. The largest absolute Gasteiger partial charge is 0.473 e. The Kier molecular flexibility index (Phi) is 6.48. The van der Waals surface area contributed by atoms with E-state index < -0.39 is 29.1 Å². The second kappa shape index (κ2) is 9.88. The molecular formula is C31H32N5O4+. The number of fused-ring (bicyclic) bond motifs is 3. The van der Waals surface area contributed by atoms with E-state index in [2.05, 4.69) is 27.8 Å². The van der Waals surface area contributed by atoms with Gasteiger partial charge in [0.05, 0.1) is 18.2 Å². The van der Waals surface area contributed by atoms with Gasteiger partial charge in [0.25, 0.3) is 5.69 Å². The molecule has 3 aliphatic rings. The van der Waals surface area contributed by atoms with E-state index in [1.54, 1.807) is 30.3 Å². The number of piperazine rings is 1. The number of likely N-dealkylation sites (N-methyl/N-ethyl adjacent to an activating group) is 1. The summed E-state index contributed by atoms with van der Waals surface area (Å²) in [4.78, 5) is 13.8. The summed E-state index contributed by atoms with van der Waals surface area (Å²) in [5, 5.41) is 34.8. The number of pyridine rings is 1. The number of hydrogen-bond donors (Lipinski definition) is 2. The summed E-state index contributed by atoms with van der Waals surface area (Å²) in [6, 6.07) is 20.6. The Labute approximate surface area is 233 Å². The van der Waals surface area contributed by atoms with Gasteiger partial charge in [-0.15, -0.1) is 0 Å². The van der Waals surface area contributed by atoms with Crippen LogP contribution in [-0.2, 0) is 11.2 Å². The first-order valence-corrected chi connectivity index (χ1v) is 13.5. The number of aliphatic hydroxyl groups is 2. The normalized spacial score (nSPS) is 29.6. The molecule has 40 heavy (non-hydrogen) atoms. The van der Waals surface area contributed by atoms with Crippen LogP contribution in [0.25, 0.3) is 4.85 Å². The molecule has 3 heterocycles. The van der Waals surface area contributed by atoms with Crippen LogP contribution in [0.2, 0.25) is 0 Å². The van der Waals surface area contributed by atoms with E-state index in [-0.39, 0.29) is 17.1 Å². The van der Waals surface area contributed by atoms with E-state index in [4.69, 9.17) is 16.1 Å². The van der Waals surface area contributed by atoms with Gasteiger partial charge in [0.2, 0.25) is 11.8 Å². The second-order valence-electron chi connectivity index (χ2n) is 10.9. The summed E-state index contributed by atoms with van der Waals surface area (Å²) in [6.07, 6.45) is 0.259. The second-order valence-corrected chi connectivity index (χ2v) is 10.9. The average Bonchev–Trinajstić information content (AvgIpc) is 3.36. The molecule has 9 nitrogen and oxygen atoms in total. The molecule has 0 radical (unpaired) electrons. The lowest BCUT2D eigenvalue weighted by molar-refractivity contribution is -0.893. The minimum Gasteiger partial charge on any atom is -0.473 e. The van der Waals surface area contributed by atoms with Crippen molar-refractivity contribution in [3.63, 3.8) is 0 Å². The first kappa shape index (κ1) is 26.2. The molecule has 2 N–H and O–H groups in total. The quantitative estimate of drug-likeness (QED) is 0.379. The van der Waals surface area contributed by atoms with Gasteiger partial charge in [-0.3, -0.25) is 4.84 Å². The number of nitrogens with zero attached hydrogens (tertiary/aromatic N) is 5. The van der Waals surface area contributed by atoms with E-state index in [0.29, 0.717) is 17.7 Å². The Bertz CT molecular complexity index is 1490. The molecule has 1 aliphatic carbocycles. The van der Waals surface area contributed by atoms with Gasteiger partial charge in [-0.25, -0.2) is 4.85 Å². The van der Waals surface area contributed by atoms with E-state index in [0.717, 1.165) is 31.7 Å². The highest BCUT2D eigenvalue weighted by atomic mass is 16.7. The lowest BCUT2D eigenvalue weighted by Crippen LogP contribution is -2.58. The zero-order valence-electron chi connectivity index (χ0n) is 22.6. The first-order chi connectivity index (χ1) is 19.4. The molecule has 6 rings (SSSR count). The monoisotopic (exact) mass is 538 g/mol. The summed E-state index contributed by atoms with van der Waals surface area (Å²) < 4.78 is 8.22. The zero-order valence-corrected chi connectivity index (χ0v) is 22.6. The van der Waals surface area contributed by atoms with Crippen LogP contribution in [0.4, 0.5) is 5.69 Å². The van der Waals surface area contributed by atoms with Crippen molar-refractivity contribution in [3.8, 4) is 11.8 Å². The van der Waals surface area contributed by atoms with E-state index in [1.165, 1.54) is 18.0 Å². The summed E-state index contributed by atoms with van der Waals surface area (Å²) in [7, 11) is 3.56. The fourth-order valence-corrected chi connectivity index (χ4v) is 6.98. The third-order valence-corrected chi connectivity index (χ3v) is 8.87. The maximum Gasteiger partial charge on any atom is 0.311 e. The molecule has 0 amide bonds. The number of rotatable bonds is 5. The van der Waals surface area contributed by atoms with Crippen LogP contribution in [0.1, 0.15) is 28.3 Å². The fourth-order valence-electron chi connectivity index (χ4n) is 6.98. The molecule has 3 aromatic rings. The highest BCUT2D eigenvalue weighted by molar-refractivity contribution is 5.56. The van der Waals surface area contributed by atoms with Gasteiger partial charge >= 0.3 is 5.69 Å². The summed E-state index contributed by atoms with van der Waals surface area (Å²) >= 11 is 0. The molecule has 0 spiro atoms. The number of ether oxygens (including phenoxy) is 1. The number of nitriles is 1. The molecule has 0 unspecified atom stereocenters. The zero-order chi connectivity index (χ0) is 28.1. The average molecular weight is 539 g/mol. The van der Waals surface area contributed by atoms with Crippen molar-refractivity contribution in [1.29, 1.82) is 5.26 Å². The van der Waals surface area contributed by atoms with Crippen LogP contribution in [0, 0.1) is 23.8 Å². The highest BCUT2D eigenvalue weighted by Crippen LogP contribution is 2.68. The Morgan fingerprint density at radius 1 is 1.15 bits per heavy atom. The Hall–Kier alpha value is -3.99. The van der Waals surface area contributed by atoms with Crippen molar-refractivity contribution >= 4 is 5.69 Å². The molecule has 9 heteroatoms. The Morgan fingerprint density at radius 2 is 1.85 bits per heavy atom. The summed E-state index contributed by atoms with van der Waals surface area (Å²) in [5.74, 6) is -0.610. The maximum absolute atomic E-state index is 13.0. The summed E-state index contributed by atoms with van der Waals surface area (Å²) in [6.45, 7) is 11.7. The van der Waals surface area contributed by atoms with Gasteiger partial charge in [0, 0.05) is 49.3 Å². The predicted octanol–water partition coefficient (Wildman–Crippen LogP) is 1.95. The first-order valence-electron chi connectivity index (χ1n) is 13.5. The van der Waals surface area contributed by atoms with E-state index >= 15 is 0 Å². The predicted molar refractivity (Wildman–Crippen MR) is 145 cm³/mol. The van der Waals surface area contributed by atoms with Crippen molar-refractivity contribution in [2.75, 3.05) is 46.9 Å². The molecule has 1 aromatic heterocycles. The number of aromatic nitrogens is 1. The molecular weight excluding hydrogens is 506 g/mol. The van der Waals surface area contributed by atoms with E-state index in [9.17, 15) is 15.5 Å². The maximum atomic E-state index is 13.0. The molecule has 1 saturated carbocycles. The van der Waals surface area contributed by atoms with Crippen molar-refractivity contribution in [2.24, 2.45) is 5.92 Å². The standard InChI is InChI=1S/C31H32N5O4/c1-33-24-17-26-28(36(19-24)39-3)30(38)29(37)25(20-35-15-13-34(2)14-16-35)27(22-7-5-4-6-8-22)31(30,40-26)23-11-9-21(18-32)10-12-23/h4-12,17,19,25,27,29,37-38H,13-16,20H2,2-3H3/q+1/t25-,27-,29-,30+,31+/m1/s1. The smallest absolute Gasteiger partial charge is 0.311 e. The van der Waals surface area contributed by atoms with Crippen LogP contribution in [0.5, 0.6) is 5.75 Å². The lowest BCUT2D eigenvalue weighted by atomic mass is 9.71. The van der Waals surface area contributed by atoms with Crippen LogP contribution in [0.3, 0.4) is 0 Å². The van der Waals surface area contributed by atoms with Crippen LogP contribution in [0.15, 0.2) is 66.9 Å². The number of hydrogen-bond acceptors (Lipinski definition) is 7. The fraction of sp³-hybridized carbons (Fsp3) is 0.387. The molecule has 204 valence electrons. The van der Waals surface area contributed by atoms with Gasteiger partial charge < -0.3 is 24.7 Å². The van der Waals surface area contributed by atoms with Crippen LogP contribution < -0.4 is 14.3 Å². The lowest BCUT2D eigenvalue weighted by Gasteiger charge is -2.40. The van der Waals surface area contributed by atoms with Crippen LogP contribution >= 0.6 is 0 Å². The molecule has 0 bridgehead atoms. The topological polar surface area (TPSA) is 97.4 Å². The van der Waals surface area contributed by atoms with Gasteiger partial charge in [0.15, 0.2) is 11.4 Å². The van der Waals surface area contributed by atoms with Crippen molar-refractivity contribution < 1.29 is 24.5 Å². The molecule has 2 fully saturated rings. The number of benzene rings is 2. The molecule has 2 aliphatic heterocycles. The third-order valence-electron chi connectivity index (χ3n) is 8.87. The summed E-state index contributed by atoms with van der Waals surface area (Å²) in [5.41, 5.74) is -0.841. The SMILES string of the molecule is [C-]#[N+]c1cc2c([n+](OC)c1)[C@]1(O)[C@H](O)[C@H](CN3CCN(C)CC3)[C@@H](c3ccccc3)[C@]1(c1ccc(C#N)cc1)O2. The van der Waals surface area contributed by atoms with Crippen molar-refractivity contribution in [1.82, 2.24) is 9.80 Å². The number of aliphatic hydroxyl groups excluding tert-OH is 1. The van der Waals surface area contributed by atoms with Gasteiger partial charge in [-0.05, 0) is 36.4 Å². The van der Waals surface area contributed by atoms with Gasteiger partial charge in [-0.1, -0.05) is 42.5 Å². The molecule has 5 atom stereocenters. The molecule has 1 saturated heterocycles. The Morgan fingerprint density at radius 3 is 2.48 bits per heavy atom. The van der Waals surface area contributed by atoms with Gasteiger partial charge in [-0.2, -0.15) is 5.26 Å². The third kappa shape index (κ3) is 3.71. The van der Waals surface area contributed by atoms with Crippen LogP contribution in [-0.4, -0.2) is 73.0 Å². The Balaban J connectivity index is 1.61. The van der Waals surface area contributed by atoms with Gasteiger partial charge in [0.1, 0.15) is 13.2 Å². The minimum atomic E-state index is -1.94. The van der Waals surface area contributed by atoms with Crippen molar-refractivity contribution in [2.45, 2.75) is 23.2 Å². The molecule has 2 aromatic carbocycles. The van der Waals surface area contributed by atoms with Crippen molar-refractivity contribution in [3.05, 3.63) is 101 Å².